The van der Waals surface area contributed by atoms with Crippen molar-refractivity contribution in [2.45, 2.75) is 51.3 Å². The first kappa shape index (κ1) is 21.1. The summed E-state index contributed by atoms with van der Waals surface area (Å²) in [7, 11) is -3.81. The van der Waals surface area contributed by atoms with Crippen LogP contribution in [0.3, 0.4) is 0 Å². The molecule has 4 rings (SSSR count). The molecule has 0 saturated heterocycles. The summed E-state index contributed by atoms with van der Waals surface area (Å²) in [6, 6.07) is 8.85. The van der Waals surface area contributed by atoms with Crippen LogP contribution in [0.4, 0.5) is 5.69 Å². The Labute approximate surface area is 181 Å². The largest absolute Gasteiger partial charge is 0.478 e. The van der Waals surface area contributed by atoms with Gasteiger partial charge in [-0.05, 0) is 81.0 Å². The molecule has 2 N–H and O–H groups in total. The monoisotopic (exact) mass is 439 g/mol. The lowest BCUT2D eigenvalue weighted by molar-refractivity contribution is 0.0695. The Morgan fingerprint density at radius 3 is 2.32 bits per heavy atom. The van der Waals surface area contributed by atoms with Gasteiger partial charge in [0.1, 0.15) is 5.56 Å². The number of carboxylic acid groups (broad SMARTS) is 1. The molecular formula is C23H25N3O4S. The molecule has 8 heteroatoms. The van der Waals surface area contributed by atoms with Gasteiger partial charge in [0.05, 0.1) is 28.2 Å². The highest BCUT2D eigenvalue weighted by atomic mass is 32.2. The minimum Gasteiger partial charge on any atom is -0.478 e. The van der Waals surface area contributed by atoms with Gasteiger partial charge in [0.15, 0.2) is 0 Å². The molecular weight excluding hydrogens is 414 g/mol. The third-order valence-electron chi connectivity index (χ3n) is 5.91. The van der Waals surface area contributed by atoms with E-state index >= 15 is 0 Å². The van der Waals surface area contributed by atoms with Crippen molar-refractivity contribution >= 4 is 21.7 Å². The normalized spacial score (nSPS) is 13.9. The van der Waals surface area contributed by atoms with E-state index in [-0.39, 0.29) is 11.5 Å². The topological polar surface area (TPSA) is 101 Å². The smallest absolute Gasteiger partial charge is 0.339 e. The van der Waals surface area contributed by atoms with Crippen molar-refractivity contribution < 1.29 is 18.3 Å². The standard InChI is InChI=1S/C23H25N3O4S/c1-13-10-14(2)16(4)22(15(13)3)31(29,30)25-18-6-5-7-19(11-18)26-21(17-8-9-17)20(12-24-26)23(27)28/h5-7,10-12,17,25H,8-9H2,1-4H3,(H,27,28). The van der Waals surface area contributed by atoms with Gasteiger partial charge >= 0.3 is 5.97 Å². The van der Waals surface area contributed by atoms with Gasteiger partial charge in [-0.15, -0.1) is 0 Å². The van der Waals surface area contributed by atoms with Crippen LogP contribution < -0.4 is 4.72 Å². The molecule has 0 bridgehead atoms. The van der Waals surface area contributed by atoms with E-state index < -0.39 is 16.0 Å². The maximum absolute atomic E-state index is 13.3. The quantitative estimate of drug-likeness (QED) is 0.590. The van der Waals surface area contributed by atoms with Gasteiger partial charge in [0.2, 0.25) is 0 Å². The number of aromatic nitrogens is 2. The number of aryl methyl sites for hydroxylation is 2. The summed E-state index contributed by atoms with van der Waals surface area (Å²) in [5.41, 5.74) is 5.14. The number of carboxylic acids is 1. The maximum Gasteiger partial charge on any atom is 0.339 e. The zero-order valence-electron chi connectivity index (χ0n) is 17.9. The van der Waals surface area contributed by atoms with Crippen molar-refractivity contribution in [2.75, 3.05) is 4.72 Å². The van der Waals surface area contributed by atoms with E-state index in [2.05, 4.69) is 9.82 Å². The van der Waals surface area contributed by atoms with Gasteiger partial charge in [-0.25, -0.2) is 17.9 Å². The number of nitrogens with one attached hydrogen (secondary N) is 1. The average molecular weight is 440 g/mol. The highest BCUT2D eigenvalue weighted by Gasteiger charge is 2.33. The summed E-state index contributed by atoms with van der Waals surface area (Å²) in [4.78, 5) is 11.9. The molecule has 1 aliphatic rings. The number of sulfonamides is 1. The van der Waals surface area contributed by atoms with E-state index in [4.69, 9.17) is 0 Å². The van der Waals surface area contributed by atoms with Crippen molar-refractivity contribution in [3.63, 3.8) is 0 Å². The van der Waals surface area contributed by atoms with Crippen LogP contribution in [0.5, 0.6) is 0 Å². The SMILES string of the molecule is Cc1cc(C)c(C)c(S(=O)(=O)Nc2cccc(-n3ncc(C(=O)O)c3C3CC3)c2)c1C. The molecule has 162 valence electrons. The molecule has 7 nitrogen and oxygen atoms in total. The molecule has 1 heterocycles. The molecule has 1 aliphatic carbocycles. The second-order valence-corrected chi connectivity index (χ2v) is 9.80. The number of nitrogens with zero attached hydrogens (tertiary/aromatic N) is 2. The molecule has 31 heavy (non-hydrogen) atoms. The van der Waals surface area contributed by atoms with Crippen LogP contribution in [-0.2, 0) is 10.0 Å². The summed E-state index contributed by atoms with van der Waals surface area (Å²) in [5.74, 6) is -0.847. The predicted octanol–water partition coefficient (Wildman–Crippen LogP) is 4.48. The lowest BCUT2D eigenvalue weighted by Crippen LogP contribution is -2.17. The van der Waals surface area contributed by atoms with Crippen molar-refractivity contribution in [2.24, 2.45) is 0 Å². The minimum atomic E-state index is -3.81. The fraction of sp³-hybridized carbons (Fsp3) is 0.304. The number of hydrogen-bond donors (Lipinski definition) is 2. The Morgan fingerprint density at radius 1 is 1.10 bits per heavy atom. The fourth-order valence-corrected chi connectivity index (χ4v) is 5.64. The molecule has 0 amide bonds. The number of benzene rings is 2. The third kappa shape index (κ3) is 3.83. The van der Waals surface area contributed by atoms with E-state index in [9.17, 15) is 18.3 Å². The molecule has 0 radical (unpaired) electrons. The predicted molar refractivity (Wildman–Crippen MR) is 119 cm³/mol. The molecule has 2 aromatic carbocycles. The Bertz CT molecular complexity index is 1280. The van der Waals surface area contributed by atoms with Crippen molar-refractivity contribution in [3.8, 4) is 5.69 Å². The van der Waals surface area contributed by atoms with Gasteiger partial charge in [-0.2, -0.15) is 5.10 Å². The molecule has 3 aromatic rings. The molecule has 0 spiro atoms. The van der Waals surface area contributed by atoms with Crippen LogP contribution in [0.2, 0.25) is 0 Å². The molecule has 1 aromatic heterocycles. The van der Waals surface area contributed by atoms with Crippen molar-refractivity contribution in [3.05, 3.63) is 70.0 Å². The Morgan fingerprint density at radius 2 is 1.74 bits per heavy atom. The number of hydrogen-bond acceptors (Lipinski definition) is 4. The maximum atomic E-state index is 13.3. The highest BCUT2D eigenvalue weighted by molar-refractivity contribution is 7.92. The van der Waals surface area contributed by atoms with E-state index in [1.54, 1.807) is 28.9 Å². The summed E-state index contributed by atoms with van der Waals surface area (Å²) < 4.78 is 30.8. The van der Waals surface area contributed by atoms with Crippen LogP contribution in [0.15, 0.2) is 41.4 Å². The third-order valence-corrected chi connectivity index (χ3v) is 7.56. The Kier molecular flexibility index (Phi) is 5.13. The second-order valence-electron chi connectivity index (χ2n) is 8.18. The summed E-state index contributed by atoms with van der Waals surface area (Å²) in [6.07, 6.45) is 3.20. The highest BCUT2D eigenvalue weighted by Crippen LogP contribution is 2.42. The first-order valence-corrected chi connectivity index (χ1v) is 11.6. The van der Waals surface area contributed by atoms with Gasteiger partial charge < -0.3 is 5.11 Å². The fourth-order valence-electron chi connectivity index (χ4n) is 3.97. The number of rotatable bonds is 6. The van der Waals surface area contributed by atoms with E-state index in [1.807, 2.05) is 33.8 Å². The summed E-state index contributed by atoms with van der Waals surface area (Å²) in [5, 5.41) is 13.8. The molecule has 0 atom stereocenters. The Balaban J connectivity index is 1.74. The first-order chi connectivity index (χ1) is 14.6. The first-order valence-electron chi connectivity index (χ1n) is 10.1. The summed E-state index contributed by atoms with van der Waals surface area (Å²) >= 11 is 0. The van der Waals surface area contributed by atoms with Crippen LogP contribution in [0, 0.1) is 27.7 Å². The minimum absolute atomic E-state index is 0.162. The van der Waals surface area contributed by atoms with Gasteiger partial charge in [-0.1, -0.05) is 12.1 Å². The number of aromatic carboxylic acids is 1. The van der Waals surface area contributed by atoms with Crippen molar-refractivity contribution in [1.29, 1.82) is 0 Å². The zero-order chi connectivity index (χ0) is 22.5. The number of carbonyl (C=O) groups is 1. The van der Waals surface area contributed by atoms with Crippen LogP contribution in [-0.4, -0.2) is 29.3 Å². The van der Waals surface area contributed by atoms with Gasteiger partial charge in [0, 0.05) is 5.92 Å². The lowest BCUT2D eigenvalue weighted by Gasteiger charge is -2.17. The molecule has 0 unspecified atom stereocenters. The summed E-state index contributed by atoms with van der Waals surface area (Å²) in [6.45, 7) is 7.43. The van der Waals surface area contributed by atoms with Crippen molar-refractivity contribution in [1.82, 2.24) is 9.78 Å². The zero-order valence-corrected chi connectivity index (χ0v) is 18.7. The van der Waals surface area contributed by atoms with E-state index in [0.717, 1.165) is 35.1 Å². The molecule has 0 aliphatic heterocycles. The van der Waals surface area contributed by atoms with Crippen LogP contribution in [0.25, 0.3) is 5.69 Å². The Hall–Kier alpha value is -3.13. The van der Waals surface area contributed by atoms with Crippen LogP contribution >= 0.6 is 0 Å². The lowest BCUT2D eigenvalue weighted by atomic mass is 10.0. The van der Waals surface area contributed by atoms with E-state index in [1.165, 1.54) is 6.20 Å². The van der Waals surface area contributed by atoms with Crippen LogP contribution in [0.1, 0.15) is 57.1 Å². The van der Waals surface area contributed by atoms with Gasteiger partial charge in [0.25, 0.3) is 10.0 Å². The number of anilines is 1. The molecule has 1 fully saturated rings. The molecule has 1 saturated carbocycles. The second kappa shape index (κ2) is 7.53. The van der Waals surface area contributed by atoms with Gasteiger partial charge in [-0.3, -0.25) is 4.72 Å². The van der Waals surface area contributed by atoms with E-state index in [0.29, 0.717) is 22.0 Å². The average Bonchev–Trinajstić information content (AvgIpc) is 3.43.